The molecular weight excluding hydrogens is 278 g/mol. The number of aromatic amines is 1. The fraction of sp³-hybridized carbons (Fsp3) is 0. The van der Waals surface area contributed by atoms with Gasteiger partial charge in [0.25, 0.3) is 0 Å². The second-order valence-corrected chi connectivity index (χ2v) is 4.50. The van der Waals surface area contributed by atoms with Gasteiger partial charge in [-0.3, -0.25) is 9.89 Å². The summed E-state index contributed by atoms with van der Waals surface area (Å²) in [7, 11) is 0. The number of hydrogen-bond acceptors (Lipinski definition) is 4. The molecule has 0 unspecified atom stereocenters. The van der Waals surface area contributed by atoms with E-state index in [1.54, 1.807) is 18.5 Å². The number of nitrogens with one attached hydrogen (secondary N) is 1. The van der Waals surface area contributed by atoms with E-state index in [1.165, 1.54) is 6.07 Å². The van der Waals surface area contributed by atoms with E-state index in [2.05, 4.69) is 15.4 Å². The average molecular weight is 291 g/mol. The zero-order valence-electron chi connectivity index (χ0n) is 11.6. The van der Waals surface area contributed by atoms with Crippen molar-refractivity contribution in [2.75, 3.05) is 0 Å². The molecule has 5 heteroatoms. The van der Waals surface area contributed by atoms with Gasteiger partial charge >= 0.3 is 0 Å². The van der Waals surface area contributed by atoms with Crippen molar-refractivity contribution in [2.24, 2.45) is 0 Å². The third kappa shape index (κ3) is 3.09. The fourth-order valence-electron chi connectivity index (χ4n) is 2.02. The van der Waals surface area contributed by atoms with Gasteiger partial charge in [0.2, 0.25) is 0 Å². The zero-order chi connectivity index (χ0) is 15.2. The Morgan fingerprint density at radius 3 is 2.41 bits per heavy atom. The van der Waals surface area contributed by atoms with E-state index in [0.29, 0.717) is 16.7 Å². The Hall–Kier alpha value is -3.21. The fourth-order valence-corrected chi connectivity index (χ4v) is 2.02. The lowest BCUT2D eigenvalue weighted by Gasteiger charge is -2.02. The lowest BCUT2D eigenvalue weighted by molar-refractivity contribution is 0.619. The average Bonchev–Trinajstić information content (AvgIpc) is 3.15. The normalized spacial score (nSPS) is 10.0. The number of benzene rings is 2. The topological polar surface area (TPSA) is 71.8 Å². The molecule has 0 saturated heterocycles. The minimum absolute atomic E-state index is 0.00861. The molecule has 4 aromatic rings. The lowest BCUT2D eigenvalue weighted by Crippen LogP contribution is -1.99. The highest BCUT2D eigenvalue weighted by Crippen LogP contribution is 2.21. The molecule has 0 aliphatic carbocycles. The highest BCUT2D eigenvalue weighted by Gasteiger charge is 2.05. The van der Waals surface area contributed by atoms with E-state index < -0.39 is 0 Å². The Kier molecular flexibility index (Phi) is 4.06. The number of rotatable bonds is 1. The monoisotopic (exact) mass is 291 g/mol. The summed E-state index contributed by atoms with van der Waals surface area (Å²) < 4.78 is 5.73. The predicted octanol–water partition coefficient (Wildman–Crippen LogP) is 3.26. The van der Waals surface area contributed by atoms with Crippen molar-refractivity contribution in [3.63, 3.8) is 0 Å². The molecular formula is C17H13N3O2. The van der Waals surface area contributed by atoms with Gasteiger partial charge in [0, 0.05) is 17.8 Å². The second-order valence-electron chi connectivity index (χ2n) is 4.50. The standard InChI is InChI=1S/C15H10O2.C2H3N3/c16-13-10-15(11-6-2-1-3-7-11)17-14-9-5-4-8-12(13)14;1-2-4-5-3-1/h1-10H;1-2H,(H,3,4,5). The smallest absolute Gasteiger partial charge is 0.193 e. The third-order valence-corrected chi connectivity index (χ3v) is 3.02. The molecule has 1 N–H and O–H groups in total. The number of hydrogen-bond donors (Lipinski definition) is 1. The van der Waals surface area contributed by atoms with Crippen LogP contribution >= 0.6 is 0 Å². The van der Waals surface area contributed by atoms with Crippen molar-refractivity contribution < 1.29 is 4.42 Å². The molecule has 22 heavy (non-hydrogen) atoms. The summed E-state index contributed by atoms with van der Waals surface area (Å²) >= 11 is 0. The molecule has 2 aromatic carbocycles. The number of fused-ring (bicyclic) bond motifs is 1. The van der Waals surface area contributed by atoms with Crippen LogP contribution in [0.4, 0.5) is 0 Å². The van der Waals surface area contributed by atoms with Crippen LogP contribution in [-0.2, 0) is 0 Å². The molecule has 0 amide bonds. The molecule has 0 radical (unpaired) electrons. The summed E-state index contributed by atoms with van der Waals surface area (Å²) in [6, 6.07) is 18.4. The highest BCUT2D eigenvalue weighted by atomic mass is 16.3. The van der Waals surface area contributed by atoms with Crippen molar-refractivity contribution in [1.82, 2.24) is 15.4 Å². The Morgan fingerprint density at radius 1 is 0.955 bits per heavy atom. The minimum Gasteiger partial charge on any atom is -0.456 e. The minimum atomic E-state index is -0.00861. The lowest BCUT2D eigenvalue weighted by atomic mass is 10.1. The van der Waals surface area contributed by atoms with Gasteiger partial charge in [-0.25, -0.2) is 0 Å². The van der Waals surface area contributed by atoms with E-state index in [9.17, 15) is 4.79 Å². The van der Waals surface area contributed by atoms with E-state index >= 15 is 0 Å². The van der Waals surface area contributed by atoms with Crippen molar-refractivity contribution in [2.45, 2.75) is 0 Å². The second kappa shape index (κ2) is 6.49. The number of para-hydroxylation sites is 1. The van der Waals surface area contributed by atoms with Crippen LogP contribution in [-0.4, -0.2) is 15.4 Å². The maximum Gasteiger partial charge on any atom is 0.193 e. The van der Waals surface area contributed by atoms with Gasteiger partial charge in [-0.1, -0.05) is 47.7 Å². The predicted molar refractivity (Wildman–Crippen MR) is 84.3 cm³/mol. The summed E-state index contributed by atoms with van der Waals surface area (Å²) in [6.07, 6.45) is 3.24. The van der Waals surface area contributed by atoms with Crippen LogP contribution < -0.4 is 5.43 Å². The van der Waals surface area contributed by atoms with Gasteiger partial charge in [-0.2, -0.15) is 0 Å². The Balaban J connectivity index is 0.000000246. The van der Waals surface area contributed by atoms with Gasteiger partial charge in [-0.15, -0.1) is 5.10 Å². The van der Waals surface area contributed by atoms with Crippen LogP contribution in [0, 0.1) is 0 Å². The van der Waals surface area contributed by atoms with E-state index in [0.717, 1.165) is 5.56 Å². The van der Waals surface area contributed by atoms with Crippen molar-refractivity contribution in [3.05, 3.63) is 83.3 Å². The van der Waals surface area contributed by atoms with Gasteiger partial charge in [-0.05, 0) is 12.1 Å². The molecule has 108 valence electrons. The number of nitrogens with zero attached hydrogens (tertiary/aromatic N) is 2. The van der Waals surface area contributed by atoms with Crippen LogP contribution in [0.5, 0.6) is 0 Å². The molecule has 2 aromatic heterocycles. The first kappa shape index (κ1) is 13.8. The van der Waals surface area contributed by atoms with E-state index in [-0.39, 0.29) is 5.43 Å². The van der Waals surface area contributed by atoms with Crippen molar-refractivity contribution in [1.29, 1.82) is 0 Å². The van der Waals surface area contributed by atoms with Crippen LogP contribution in [0.1, 0.15) is 0 Å². The SMILES string of the molecule is O=c1cc(-c2ccccc2)oc2ccccc12.c1c[nH]nn1. The summed E-state index contributed by atoms with van der Waals surface area (Å²) in [5.41, 5.74) is 1.53. The van der Waals surface area contributed by atoms with Crippen LogP contribution in [0.3, 0.4) is 0 Å². The Labute approximate surface area is 126 Å². The molecule has 0 saturated carbocycles. The van der Waals surface area contributed by atoms with Crippen molar-refractivity contribution in [3.8, 4) is 11.3 Å². The largest absolute Gasteiger partial charge is 0.456 e. The molecule has 0 aliphatic heterocycles. The van der Waals surface area contributed by atoms with Gasteiger partial charge in [0.05, 0.1) is 11.6 Å². The summed E-state index contributed by atoms with van der Waals surface area (Å²) in [6.45, 7) is 0. The highest BCUT2D eigenvalue weighted by molar-refractivity contribution is 5.78. The Bertz CT molecular complexity index is 883. The molecule has 5 nitrogen and oxygen atoms in total. The number of aromatic nitrogens is 3. The summed E-state index contributed by atoms with van der Waals surface area (Å²) in [5, 5.41) is 9.88. The quantitative estimate of drug-likeness (QED) is 0.584. The first-order valence-electron chi connectivity index (χ1n) is 6.73. The van der Waals surface area contributed by atoms with Gasteiger partial charge in [0.1, 0.15) is 11.3 Å². The first-order chi connectivity index (χ1) is 10.8. The molecule has 0 bridgehead atoms. The van der Waals surface area contributed by atoms with Crippen molar-refractivity contribution >= 4 is 11.0 Å². The molecule has 0 spiro atoms. The molecule has 2 heterocycles. The number of H-pyrrole nitrogens is 1. The molecule has 0 fully saturated rings. The third-order valence-electron chi connectivity index (χ3n) is 3.02. The Morgan fingerprint density at radius 2 is 1.73 bits per heavy atom. The summed E-state index contributed by atoms with van der Waals surface area (Å²) in [4.78, 5) is 11.9. The molecule has 4 rings (SSSR count). The van der Waals surface area contributed by atoms with Crippen LogP contribution in [0.2, 0.25) is 0 Å². The molecule has 0 aliphatic rings. The maximum absolute atomic E-state index is 11.9. The summed E-state index contributed by atoms with van der Waals surface area (Å²) in [5.74, 6) is 0.606. The van der Waals surface area contributed by atoms with Gasteiger partial charge < -0.3 is 4.42 Å². The van der Waals surface area contributed by atoms with Crippen LogP contribution in [0.25, 0.3) is 22.3 Å². The zero-order valence-corrected chi connectivity index (χ0v) is 11.6. The molecule has 0 atom stereocenters. The van der Waals surface area contributed by atoms with Gasteiger partial charge in [0.15, 0.2) is 5.43 Å². The maximum atomic E-state index is 11.9. The van der Waals surface area contributed by atoms with E-state index in [4.69, 9.17) is 4.42 Å². The first-order valence-corrected chi connectivity index (χ1v) is 6.73. The van der Waals surface area contributed by atoms with E-state index in [1.807, 2.05) is 48.5 Å². The van der Waals surface area contributed by atoms with Crippen LogP contribution in [0.15, 0.2) is 82.3 Å².